The number of nitrogens with one attached hydrogen (secondary N) is 1. The van der Waals surface area contributed by atoms with Crippen LogP contribution in [0.2, 0.25) is 0 Å². The molecule has 1 aliphatic carbocycles. The van der Waals surface area contributed by atoms with Gasteiger partial charge in [0.2, 0.25) is 0 Å². The van der Waals surface area contributed by atoms with E-state index in [9.17, 15) is 9.90 Å². The van der Waals surface area contributed by atoms with Gasteiger partial charge in [-0.2, -0.15) is 0 Å². The number of aliphatic carboxylic acids is 1. The molecule has 1 saturated carbocycles. The molecule has 180 valence electrons. The summed E-state index contributed by atoms with van der Waals surface area (Å²) in [4.78, 5) is 20.0. The number of carboxylic acids is 1. The summed E-state index contributed by atoms with van der Waals surface area (Å²) in [5, 5.41) is 13.3. The normalized spacial score (nSPS) is 18.9. The summed E-state index contributed by atoms with van der Waals surface area (Å²) in [7, 11) is 0. The van der Waals surface area contributed by atoms with Gasteiger partial charge in [0.15, 0.2) is 0 Å². The van der Waals surface area contributed by atoms with E-state index in [1.54, 1.807) is 6.92 Å². The van der Waals surface area contributed by atoms with Crippen LogP contribution in [0, 0.1) is 0 Å². The predicted octanol–water partition coefficient (Wildman–Crippen LogP) is 5.02. The zero-order valence-corrected chi connectivity index (χ0v) is 19.6. The first-order valence-corrected chi connectivity index (χ1v) is 11.9. The average molecular weight is 472 g/mol. The van der Waals surface area contributed by atoms with E-state index in [2.05, 4.69) is 26.0 Å². The third-order valence-corrected chi connectivity index (χ3v) is 6.73. The van der Waals surface area contributed by atoms with Gasteiger partial charge in [0.1, 0.15) is 35.3 Å². The Balaban J connectivity index is 1.39. The van der Waals surface area contributed by atoms with Crippen molar-refractivity contribution in [2.75, 3.05) is 5.73 Å². The van der Waals surface area contributed by atoms with Gasteiger partial charge >= 0.3 is 5.97 Å². The fourth-order valence-corrected chi connectivity index (χ4v) is 4.88. The summed E-state index contributed by atoms with van der Waals surface area (Å²) in [6.45, 7) is 1.69. The van der Waals surface area contributed by atoms with E-state index in [-0.39, 0.29) is 12.1 Å². The second-order valence-corrected chi connectivity index (χ2v) is 9.08. The zero-order chi connectivity index (χ0) is 24.4. The average Bonchev–Trinajstić information content (AvgIpc) is 3.26. The molecule has 4 aromatic rings. The van der Waals surface area contributed by atoms with Crippen molar-refractivity contribution in [3.05, 3.63) is 67.1 Å². The SMILES string of the molecule is C[C@@H](NC1CCC(n2cc(-c3ccc(Oc4ccccc4)cc3)c3c(N)ncnc32)CC1)C(=O)O. The molecule has 0 spiro atoms. The Morgan fingerprint density at radius 3 is 2.43 bits per heavy atom. The zero-order valence-electron chi connectivity index (χ0n) is 19.6. The van der Waals surface area contributed by atoms with E-state index in [4.69, 9.17) is 10.5 Å². The highest BCUT2D eigenvalue weighted by Gasteiger charge is 2.27. The summed E-state index contributed by atoms with van der Waals surface area (Å²) in [5.74, 6) is 1.19. The van der Waals surface area contributed by atoms with Gasteiger partial charge < -0.3 is 25.5 Å². The smallest absolute Gasteiger partial charge is 0.320 e. The number of benzene rings is 2. The maximum atomic E-state index is 11.2. The van der Waals surface area contributed by atoms with Crippen LogP contribution in [0.1, 0.15) is 38.6 Å². The lowest BCUT2D eigenvalue weighted by Crippen LogP contribution is -2.43. The molecule has 4 N–H and O–H groups in total. The number of fused-ring (bicyclic) bond motifs is 1. The molecule has 2 aromatic carbocycles. The number of hydrogen-bond donors (Lipinski definition) is 3. The standard InChI is InChI=1S/C27H29N5O3/c1-17(27(33)34)31-19-9-11-20(12-10-19)32-15-23(24-25(28)29-16-30-26(24)32)18-7-13-22(14-8-18)35-21-5-3-2-4-6-21/h2-8,13-17,19-20,31H,9-12H2,1H3,(H,33,34)(H2,28,29,30)/t17-,19?,20?/m1/s1. The molecule has 0 aliphatic heterocycles. The van der Waals surface area contributed by atoms with Crippen LogP contribution in [0.25, 0.3) is 22.2 Å². The third-order valence-electron chi connectivity index (χ3n) is 6.73. The second-order valence-electron chi connectivity index (χ2n) is 9.08. The molecule has 1 aliphatic rings. The maximum Gasteiger partial charge on any atom is 0.320 e. The fourth-order valence-electron chi connectivity index (χ4n) is 4.88. The molecular weight excluding hydrogens is 442 g/mol. The van der Waals surface area contributed by atoms with E-state index < -0.39 is 12.0 Å². The van der Waals surface area contributed by atoms with Crippen LogP contribution in [0.5, 0.6) is 11.5 Å². The quantitative estimate of drug-likeness (QED) is 0.347. The molecule has 0 amide bonds. The predicted molar refractivity (Wildman–Crippen MR) is 135 cm³/mol. The van der Waals surface area contributed by atoms with Crippen LogP contribution in [0.4, 0.5) is 5.82 Å². The number of nitrogens with two attached hydrogens (primary N) is 1. The highest BCUT2D eigenvalue weighted by atomic mass is 16.5. The molecule has 2 aromatic heterocycles. The van der Waals surface area contributed by atoms with Crippen molar-refractivity contribution in [3.8, 4) is 22.6 Å². The van der Waals surface area contributed by atoms with Gasteiger partial charge in [-0.25, -0.2) is 9.97 Å². The molecule has 0 saturated heterocycles. The van der Waals surface area contributed by atoms with Crippen LogP contribution < -0.4 is 15.8 Å². The number of rotatable bonds is 7. The Bertz CT molecular complexity index is 1310. The minimum atomic E-state index is -0.819. The van der Waals surface area contributed by atoms with Crippen molar-refractivity contribution in [2.24, 2.45) is 0 Å². The van der Waals surface area contributed by atoms with Crippen molar-refractivity contribution in [3.63, 3.8) is 0 Å². The molecule has 0 radical (unpaired) electrons. The van der Waals surface area contributed by atoms with Gasteiger partial charge in [-0.1, -0.05) is 30.3 Å². The molecule has 8 heteroatoms. The summed E-state index contributed by atoms with van der Waals surface area (Å²) in [6.07, 6.45) is 7.31. The van der Waals surface area contributed by atoms with Gasteiger partial charge in [0.25, 0.3) is 0 Å². The van der Waals surface area contributed by atoms with Crippen molar-refractivity contribution in [1.29, 1.82) is 0 Å². The van der Waals surface area contributed by atoms with Crippen LogP contribution in [-0.4, -0.2) is 37.7 Å². The molecule has 35 heavy (non-hydrogen) atoms. The molecule has 8 nitrogen and oxygen atoms in total. The number of para-hydroxylation sites is 1. The van der Waals surface area contributed by atoms with Crippen LogP contribution in [0.3, 0.4) is 0 Å². The first kappa shape index (κ1) is 22.9. The van der Waals surface area contributed by atoms with Gasteiger partial charge in [0, 0.05) is 23.8 Å². The number of ether oxygens (including phenoxy) is 1. The Labute approximate surface area is 203 Å². The van der Waals surface area contributed by atoms with Gasteiger partial charge in [0.05, 0.1) is 5.39 Å². The Kier molecular flexibility index (Phi) is 6.37. The van der Waals surface area contributed by atoms with Crippen molar-refractivity contribution >= 4 is 22.8 Å². The Morgan fingerprint density at radius 1 is 1.06 bits per heavy atom. The topological polar surface area (TPSA) is 115 Å². The Morgan fingerprint density at radius 2 is 1.74 bits per heavy atom. The van der Waals surface area contributed by atoms with E-state index in [1.807, 2.05) is 54.6 Å². The number of aromatic nitrogens is 3. The minimum Gasteiger partial charge on any atom is -0.480 e. The number of nitrogen functional groups attached to an aromatic ring is 1. The number of anilines is 1. The van der Waals surface area contributed by atoms with Crippen molar-refractivity contribution < 1.29 is 14.6 Å². The van der Waals surface area contributed by atoms with Crippen LogP contribution in [0.15, 0.2) is 67.1 Å². The molecular formula is C27H29N5O3. The van der Waals surface area contributed by atoms with E-state index >= 15 is 0 Å². The second kappa shape index (κ2) is 9.76. The molecule has 5 rings (SSSR count). The Hall–Kier alpha value is -3.91. The van der Waals surface area contributed by atoms with Crippen LogP contribution in [-0.2, 0) is 4.79 Å². The summed E-state index contributed by atoms with van der Waals surface area (Å²) < 4.78 is 8.15. The van der Waals surface area contributed by atoms with Crippen LogP contribution >= 0.6 is 0 Å². The summed E-state index contributed by atoms with van der Waals surface area (Å²) in [6, 6.07) is 17.6. The fraction of sp³-hybridized carbons (Fsp3) is 0.296. The number of carbonyl (C=O) groups is 1. The van der Waals surface area contributed by atoms with Gasteiger partial charge in [-0.3, -0.25) is 4.79 Å². The van der Waals surface area contributed by atoms with E-state index in [0.29, 0.717) is 5.82 Å². The minimum absolute atomic E-state index is 0.204. The lowest BCUT2D eigenvalue weighted by Gasteiger charge is -2.31. The highest BCUT2D eigenvalue weighted by molar-refractivity contribution is 6.00. The summed E-state index contributed by atoms with van der Waals surface area (Å²) >= 11 is 0. The first-order valence-electron chi connectivity index (χ1n) is 11.9. The van der Waals surface area contributed by atoms with Crippen molar-refractivity contribution in [2.45, 2.75) is 50.7 Å². The van der Waals surface area contributed by atoms with Crippen molar-refractivity contribution in [1.82, 2.24) is 19.9 Å². The van der Waals surface area contributed by atoms with Gasteiger partial charge in [-0.15, -0.1) is 0 Å². The van der Waals surface area contributed by atoms with Gasteiger partial charge in [-0.05, 0) is 62.4 Å². The van der Waals surface area contributed by atoms with E-state index in [0.717, 1.165) is 59.3 Å². The molecule has 0 unspecified atom stereocenters. The highest BCUT2D eigenvalue weighted by Crippen LogP contribution is 2.38. The monoisotopic (exact) mass is 471 g/mol. The lowest BCUT2D eigenvalue weighted by atomic mass is 9.90. The maximum absolute atomic E-state index is 11.2. The van der Waals surface area contributed by atoms with E-state index in [1.165, 1.54) is 6.33 Å². The number of carboxylic acid groups (broad SMARTS) is 1. The summed E-state index contributed by atoms with van der Waals surface area (Å²) in [5.41, 5.74) is 9.15. The first-order chi connectivity index (χ1) is 17.0. The lowest BCUT2D eigenvalue weighted by molar-refractivity contribution is -0.139. The molecule has 1 fully saturated rings. The number of nitrogens with zero attached hydrogens (tertiary/aromatic N) is 3. The molecule has 0 bridgehead atoms. The molecule has 1 atom stereocenters. The molecule has 2 heterocycles. The number of hydrogen-bond acceptors (Lipinski definition) is 6. The third kappa shape index (κ3) is 4.83. The largest absolute Gasteiger partial charge is 0.480 e.